The molecular weight excluding hydrogens is 165 g/mol. The van der Waals surface area contributed by atoms with E-state index in [0.717, 1.165) is 5.92 Å². The molecular formula is C11H14FN. The van der Waals surface area contributed by atoms with Gasteiger partial charge < -0.3 is 5.32 Å². The van der Waals surface area contributed by atoms with Crippen LogP contribution in [-0.2, 0) is 0 Å². The quantitative estimate of drug-likeness (QED) is 0.752. The average Bonchev–Trinajstić information content (AvgIpc) is 2.91. The van der Waals surface area contributed by atoms with E-state index in [1.165, 1.54) is 18.9 Å². The average molecular weight is 179 g/mol. The van der Waals surface area contributed by atoms with E-state index in [9.17, 15) is 4.39 Å². The van der Waals surface area contributed by atoms with E-state index >= 15 is 0 Å². The molecule has 1 N–H and O–H groups in total. The van der Waals surface area contributed by atoms with E-state index in [0.29, 0.717) is 11.7 Å². The van der Waals surface area contributed by atoms with E-state index in [4.69, 9.17) is 0 Å². The zero-order valence-electron chi connectivity index (χ0n) is 7.76. The molecule has 0 aromatic heterocycles. The summed E-state index contributed by atoms with van der Waals surface area (Å²) in [5, 5.41) is 3.20. The Morgan fingerprint density at radius 2 is 2.08 bits per heavy atom. The number of hydrogen-bond donors (Lipinski definition) is 1. The first-order valence-corrected chi connectivity index (χ1v) is 4.78. The fourth-order valence-electron chi connectivity index (χ4n) is 1.54. The SMILES string of the molecule is C[C@@H](Nc1ccccc1F)C1CC1. The van der Waals surface area contributed by atoms with Gasteiger partial charge in [-0.3, -0.25) is 0 Å². The fraction of sp³-hybridized carbons (Fsp3) is 0.455. The lowest BCUT2D eigenvalue weighted by Gasteiger charge is -2.14. The molecule has 0 spiro atoms. The van der Waals surface area contributed by atoms with Gasteiger partial charge in [0.05, 0.1) is 5.69 Å². The molecule has 1 nitrogen and oxygen atoms in total. The molecule has 1 atom stereocenters. The van der Waals surface area contributed by atoms with Crippen LogP contribution in [-0.4, -0.2) is 6.04 Å². The summed E-state index contributed by atoms with van der Waals surface area (Å²) in [6.07, 6.45) is 2.56. The van der Waals surface area contributed by atoms with E-state index < -0.39 is 0 Å². The Morgan fingerprint density at radius 1 is 1.38 bits per heavy atom. The van der Waals surface area contributed by atoms with Gasteiger partial charge in [0.15, 0.2) is 0 Å². The highest BCUT2D eigenvalue weighted by atomic mass is 19.1. The Hall–Kier alpha value is -1.05. The van der Waals surface area contributed by atoms with Crippen molar-refractivity contribution in [3.63, 3.8) is 0 Å². The van der Waals surface area contributed by atoms with Crippen LogP contribution >= 0.6 is 0 Å². The highest BCUT2D eigenvalue weighted by molar-refractivity contribution is 5.45. The smallest absolute Gasteiger partial charge is 0.146 e. The maximum absolute atomic E-state index is 13.2. The third-order valence-electron chi connectivity index (χ3n) is 2.59. The van der Waals surface area contributed by atoms with Gasteiger partial charge in [0, 0.05) is 6.04 Å². The maximum atomic E-state index is 13.2. The van der Waals surface area contributed by atoms with Crippen molar-refractivity contribution in [2.24, 2.45) is 5.92 Å². The first kappa shape index (κ1) is 8.54. The highest BCUT2D eigenvalue weighted by Gasteiger charge is 2.27. The van der Waals surface area contributed by atoms with Crippen molar-refractivity contribution >= 4 is 5.69 Å². The predicted molar refractivity (Wildman–Crippen MR) is 52.2 cm³/mol. The Kier molecular flexibility index (Phi) is 2.21. The van der Waals surface area contributed by atoms with Gasteiger partial charge in [-0.1, -0.05) is 12.1 Å². The molecule has 0 aliphatic heterocycles. The molecule has 1 aromatic rings. The molecule has 0 saturated heterocycles. The number of rotatable bonds is 3. The summed E-state index contributed by atoms with van der Waals surface area (Å²) in [4.78, 5) is 0. The molecule has 0 heterocycles. The summed E-state index contributed by atoms with van der Waals surface area (Å²) in [5.74, 6) is 0.592. The molecule has 2 heteroatoms. The summed E-state index contributed by atoms with van der Waals surface area (Å²) < 4.78 is 13.2. The van der Waals surface area contributed by atoms with Crippen molar-refractivity contribution < 1.29 is 4.39 Å². The number of para-hydroxylation sites is 1. The number of benzene rings is 1. The fourth-order valence-corrected chi connectivity index (χ4v) is 1.54. The number of hydrogen-bond acceptors (Lipinski definition) is 1. The topological polar surface area (TPSA) is 12.0 Å². The van der Waals surface area contributed by atoms with Crippen molar-refractivity contribution in [2.75, 3.05) is 5.32 Å². The summed E-state index contributed by atoms with van der Waals surface area (Å²) >= 11 is 0. The van der Waals surface area contributed by atoms with Gasteiger partial charge in [0.2, 0.25) is 0 Å². The second-order valence-corrected chi connectivity index (χ2v) is 3.75. The Labute approximate surface area is 78.0 Å². The van der Waals surface area contributed by atoms with E-state index in [1.807, 2.05) is 6.07 Å². The van der Waals surface area contributed by atoms with Crippen LogP contribution in [0.1, 0.15) is 19.8 Å². The summed E-state index contributed by atoms with van der Waals surface area (Å²) in [5.41, 5.74) is 0.627. The summed E-state index contributed by atoms with van der Waals surface area (Å²) in [6.45, 7) is 2.12. The highest BCUT2D eigenvalue weighted by Crippen LogP contribution is 2.34. The van der Waals surface area contributed by atoms with Gasteiger partial charge in [0.25, 0.3) is 0 Å². The molecule has 70 valence electrons. The second-order valence-electron chi connectivity index (χ2n) is 3.75. The second kappa shape index (κ2) is 3.36. The molecule has 1 saturated carbocycles. The first-order valence-electron chi connectivity index (χ1n) is 4.78. The van der Waals surface area contributed by atoms with Gasteiger partial charge in [-0.05, 0) is 37.8 Å². The van der Waals surface area contributed by atoms with E-state index in [1.54, 1.807) is 12.1 Å². The number of anilines is 1. The Morgan fingerprint density at radius 3 is 2.69 bits per heavy atom. The molecule has 2 rings (SSSR count). The van der Waals surface area contributed by atoms with Gasteiger partial charge in [-0.2, -0.15) is 0 Å². The molecule has 0 unspecified atom stereocenters. The molecule has 1 aliphatic carbocycles. The van der Waals surface area contributed by atoms with Crippen LogP contribution in [0.3, 0.4) is 0 Å². The molecule has 13 heavy (non-hydrogen) atoms. The van der Waals surface area contributed by atoms with Crippen LogP contribution in [0.5, 0.6) is 0 Å². The van der Waals surface area contributed by atoms with Crippen LogP contribution < -0.4 is 5.32 Å². The number of halogens is 1. The molecule has 0 radical (unpaired) electrons. The molecule has 1 fully saturated rings. The van der Waals surface area contributed by atoms with Crippen LogP contribution in [0.2, 0.25) is 0 Å². The minimum atomic E-state index is -0.157. The third-order valence-corrected chi connectivity index (χ3v) is 2.59. The zero-order chi connectivity index (χ0) is 9.26. The minimum absolute atomic E-state index is 0.157. The van der Waals surface area contributed by atoms with Gasteiger partial charge >= 0.3 is 0 Å². The first-order chi connectivity index (χ1) is 6.27. The lowest BCUT2D eigenvalue weighted by Crippen LogP contribution is -2.17. The van der Waals surface area contributed by atoms with Crippen LogP contribution in [0.15, 0.2) is 24.3 Å². The third kappa shape index (κ3) is 2.00. The maximum Gasteiger partial charge on any atom is 0.146 e. The van der Waals surface area contributed by atoms with Crippen molar-refractivity contribution in [3.05, 3.63) is 30.1 Å². The predicted octanol–water partition coefficient (Wildman–Crippen LogP) is 3.04. The molecule has 0 bridgehead atoms. The van der Waals surface area contributed by atoms with E-state index in [-0.39, 0.29) is 5.82 Å². The normalized spacial score (nSPS) is 18.3. The zero-order valence-corrected chi connectivity index (χ0v) is 7.76. The lowest BCUT2D eigenvalue weighted by molar-refractivity contribution is 0.619. The Bertz CT molecular complexity index is 294. The summed E-state index contributed by atoms with van der Waals surface area (Å²) in [6, 6.07) is 7.24. The number of nitrogens with one attached hydrogen (secondary N) is 1. The van der Waals surface area contributed by atoms with Crippen molar-refractivity contribution in [1.29, 1.82) is 0 Å². The van der Waals surface area contributed by atoms with Gasteiger partial charge in [0.1, 0.15) is 5.82 Å². The van der Waals surface area contributed by atoms with Gasteiger partial charge in [-0.25, -0.2) is 4.39 Å². The molecule has 1 aliphatic rings. The molecule has 1 aromatic carbocycles. The summed E-state index contributed by atoms with van der Waals surface area (Å²) in [7, 11) is 0. The largest absolute Gasteiger partial charge is 0.380 e. The van der Waals surface area contributed by atoms with Crippen molar-refractivity contribution in [2.45, 2.75) is 25.8 Å². The van der Waals surface area contributed by atoms with Crippen LogP contribution in [0.4, 0.5) is 10.1 Å². The van der Waals surface area contributed by atoms with E-state index in [2.05, 4.69) is 12.2 Å². The molecule has 0 amide bonds. The Balaban J connectivity index is 2.03. The monoisotopic (exact) mass is 179 g/mol. The van der Waals surface area contributed by atoms with Crippen molar-refractivity contribution in [1.82, 2.24) is 0 Å². The van der Waals surface area contributed by atoms with Crippen LogP contribution in [0.25, 0.3) is 0 Å². The lowest BCUT2D eigenvalue weighted by atomic mass is 10.2. The van der Waals surface area contributed by atoms with Gasteiger partial charge in [-0.15, -0.1) is 0 Å². The standard InChI is InChI=1S/C11H14FN/c1-8(9-6-7-9)13-11-5-3-2-4-10(11)12/h2-5,8-9,13H,6-7H2,1H3/t8-/m1/s1. The minimum Gasteiger partial charge on any atom is -0.380 e. The van der Waals surface area contributed by atoms with Crippen LogP contribution in [0, 0.1) is 11.7 Å². The van der Waals surface area contributed by atoms with Crippen molar-refractivity contribution in [3.8, 4) is 0 Å².